The van der Waals surface area contributed by atoms with Gasteiger partial charge in [-0.1, -0.05) is 43.5 Å². The number of benzene rings is 1. The number of hydrogen-bond donors (Lipinski definition) is 0. The van der Waals surface area contributed by atoms with Crippen molar-refractivity contribution in [1.82, 2.24) is 4.90 Å². The molecular formula is C12H12Br2ClNO. The molecule has 2 rings (SSSR count). The van der Waals surface area contributed by atoms with Crippen LogP contribution in [0.3, 0.4) is 0 Å². The smallest absolute Gasteiger partial charge is 0.255 e. The highest BCUT2D eigenvalue weighted by molar-refractivity contribution is 9.10. The van der Waals surface area contributed by atoms with Crippen molar-refractivity contribution in [3.8, 4) is 0 Å². The molecular weight excluding hydrogens is 369 g/mol. The van der Waals surface area contributed by atoms with E-state index in [0.29, 0.717) is 16.5 Å². The quantitative estimate of drug-likeness (QED) is 0.710. The Labute approximate surface area is 123 Å². The normalized spacial score (nSPS) is 19.7. The Bertz CT molecular complexity index is 439. The van der Waals surface area contributed by atoms with Gasteiger partial charge in [-0.2, -0.15) is 0 Å². The molecule has 1 unspecified atom stereocenters. The summed E-state index contributed by atoms with van der Waals surface area (Å²) in [6.45, 7) is 1.63. The van der Waals surface area contributed by atoms with Gasteiger partial charge in [0, 0.05) is 22.9 Å². The summed E-state index contributed by atoms with van der Waals surface area (Å²) in [5, 5.41) is 1.46. The van der Waals surface area contributed by atoms with Gasteiger partial charge in [0.25, 0.3) is 5.91 Å². The van der Waals surface area contributed by atoms with Crippen LogP contribution >= 0.6 is 43.5 Å². The van der Waals surface area contributed by atoms with Gasteiger partial charge in [-0.05, 0) is 30.5 Å². The third kappa shape index (κ3) is 3.04. The summed E-state index contributed by atoms with van der Waals surface area (Å²) in [6, 6.07) is 5.37. The summed E-state index contributed by atoms with van der Waals surface area (Å²) in [7, 11) is 0. The zero-order chi connectivity index (χ0) is 12.4. The van der Waals surface area contributed by atoms with Crippen molar-refractivity contribution in [2.45, 2.75) is 6.42 Å². The lowest BCUT2D eigenvalue weighted by atomic mass is 10.2. The molecule has 0 aromatic heterocycles. The van der Waals surface area contributed by atoms with Gasteiger partial charge in [0.1, 0.15) is 0 Å². The van der Waals surface area contributed by atoms with Crippen LogP contribution in [0.4, 0.5) is 0 Å². The first kappa shape index (κ1) is 13.4. The van der Waals surface area contributed by atoms with Gasteiger partial charge in [-0.15, -0.1) is 0 Å². The Morgan fingerprint density at radius 1 is 1.53 bits per heavy atom. The van der Waals surface area contributed by atoms with Crippen molar-refractivity contribution in [3.05, 3.63) is 33.3 Å². The van der Waals surface area contributed by atoms with Gasteiger partial charge in [0.05, 0.1) is 10.6 Å². The summed E-state index contributed by atoms with van der Waals surface area (Å²) in [5.74, 6) is 0.588. The number of carbonyl (C=O) groups is 1. The Morgan fingerprint density at radius 2 is 2.29 bits per heavy atom. The highest BCUT2D eigenvalue weighted by atomic mass is 79.9. The number of hydrogen-bond acceptors (Lipinski definition) is 1. The van der Waals surface area contributed by atoms with Crippen LogP contribution in [0.25, 0.3) is 0 Å². The lowest BCUT2D eigenvalue weighted by molar-refractivity contribution is 0.0788. The SMILES string of the molecule is O=C(c1cc(Br)ccc1Cl)N1CCC(CBr)C1. The number of likely N-dealkylation sites (tertiary alicyclic amines) is 1. The number of amides is 1. The standard InChI is InChI=1S/C12H12Br2ClNO/c13-6-8-3-4-16(7-8)12(17)10-5-9(14)1-2-11(10)15/h1-2,5,8H,3-4,6-7H2. The highest BCUT2D eigenvalue weighted by Gasteiger charge is 2.27. The predicted molar refractivity (Wildman–Crippen MR) is 77.0 cm³/mol. The zero-order valence-electron chi connectivity index (χ0n) is 9.13. The van der Waals surface area contributed by atoms with E-state index in [4.69, 9.17) is 11.6 Å². The van der Waals surface area contributed by atoms with E-state index < -0.39 is 0 Å². The minimum atomic E-state index is 0.0275. The molecule has 17 heavy (non-hydrogen) atoms. The minimum absolute atomic E-state index is 0.0275. The van der Waals surface area contributed by atoms with Gasteiger partial charge in [-0.3, -0.25) is 4.79 Å². The Kier molecular flexibility index (Phi) is 4.50. The molecule has 5 heteroatoms. The van der Waals surface area contributed by atoms with Crippen molar-refractivity contribution in [3.63, 3.8) is 0 Å². The zero-order valence-corrected chi connectivity index (χ0v) is 13.1. The third-order valence-electron chi connectivity index (χ3n) is 2.95. The first-order valence-electron chi connectivity index (χ1n) is 5.42. The summed E-state index contributed by atoms with van der Waals surface area (Å²) in [4.78, 5) is 14.2. The molecule has 1 fully saturated rings. The third-order valence-corrected chi connectivity index (χ3v) is 4.69. The molecule has 1 aromatic rings. The van der Waals surface area contributed by atoms with Crippen molar-refractivity contribution in [2.24, 2.45) is 5.92 Å². The lowest BCUT2D eigenvalue weighted by Crippen LogP contribution is -2.29. The minimum Gasteiger partial charge on any atom is -0.338 e. The monoisotopic (exact) mass is 379 g/mol. The molecule has 0 saturated carbocycles. The van der Waals surface area contributed by atoms with Gasteiger partial charge >= 0.3 is 0 Å². The molecule has 0 aliphatic carbocycles. The van der Waals surface area contributed by atoms with Crippen LogP contribution in [0, 0.1) is 5.92 Å². The lowest BCUT2D eigenvalue weighted by Gasteiger charge is -2.17. The van der Waals surface area contributed by atoms with Crippen molar-refractivity contribution in [2.75, 3.05) is 18.4 Å². The molecule has 92 valence electrons. The second kappa shape index (κ2) is 5.72. The summed E-state index contributed by atoms with van der Waals surface area (Å²) in [5.41, 5.74) is 0.580. The first-order valence-corrected chi connectivity index (χ1v) is 7.71. The topological polar surface area (TPSA) is 20.3 Å². The molecule has 0 bridgehead atoms. The molecule has 1 aliphatic heterocycles. The van der Waals surface area contributed by atoms with Crippen molar-refractivity contribution < 1.29 is 4.79 Å². The van der Waals surface area contributed by atoms with E-state index in [1.807, 2.05) is 11.0 Å². The Balaban J connectivity index is 2.17. The number of carbonyl (C=O) groups excluding carboxylic acids is 1. The van der Waals surface area contributed by atoms with Gasteiger partial charge < -0.3 is 4.90 Å². The van der Waals surface area contributed by atoms with Crippen molar-refractivity contribution in [1.29, 1.82) is 0 Å². The molecule has 1 heterocycles. The van der Waals surface area contributed by atoms with Crippen LogP contribution < -0.4 is 0 Å². The van der Waals surface area contributed by atoms with E-state index in [9.17, 15) is 4.79 Å². The molecule has 0 N–H and O–H groups in total. The van der Waals surface area contributed by atoms with E-state index in [1.54, 1.807) is 12.1 Å². The second-order valence-corrected chi connectivity index (χ2v) is 6.15. The van der Waals surface area contributed by atoms with Crippen LogP contribution in [-0.2, 0) is 0 Å². The number of nitrogens with zero attached hydrogens (tertiary/aromatic N) is 1. The van der Waals surface area contributed by atoms with E-state index >= 15 is 0 Å². The van der Waals surface area contributed by atoms with Gasteiger partial charge in [-0.25, -0.2) is 0 Å². The molecule has 1 atom stereocenters. The average Bonchev–Trinajstić information content (AvgIpc) is 2.80. The van der Waals surface area contributed by atoms with Crippen LogP contribution in [0.1, 0.15) is 16.8 Å². The molecule has 1 aromatic carbocycles. The van der Waals surface area contributed by atoms with Gasteiger partial charge in [0.15, 0.2) is 0 Å². The van der Waals surface area contributed by atoms with Crippen LogP contribution in [0.2, 0.25) is 5.02 Å². The summed E-state index contributed by atoms with van der Waals surface area (Å²) < 4.78 is 0.876. The maximum Gasteiger partial charge on any atom is 0.255 e. The maximum absolute atomic E-state index is 12.3. The van der Waals surface area contributed by atoms with Crippen molar-refractivity contribution >= 4 is 49.4 Å². The first-order chi connectivity index (χ1) is 8.11. The van der Waals surface area contributed by atoms with E-state index in [1.165, 1.54) is 0 Å². The molecule has 1 amide bonds. The van der Waals surface area contributed by atoms with E-state index in [2.05, 4.69) is 31.9 Å². The Morgan fingerprint density at radius 3 is 2.94 bits per heavy atom. The maximum atomic E-state index is 12.3. The predicted octanol–water partition coefficient (Wildman–Crippen LogP) is 3.96. The highest BCUT2D eigenvalue weighted by Crippen LogP contribution is 2.25. The molecule has 0 spiro atoms. The summed E-state index contributed by atoms with van der Waals surface area (Å²) >= 11 is 12.9. The van der Waals surface area contributed by atoms with E-state index in [0.717, 1.165) is 29.3 Å². The molecule has 2 nitrogen and oxygen atoms in total. The fourth-order valence-electron chi connectivity index (χ4n) is 1.97. The summed E-state index contributed by atoms with van der Waals surface area (Å²) in [6.07, 6.45) is 1.06. The number of halogens is 3. The molecule has 1 aliphatic rings. The van der Waals surface area contributed by atoms with E-state index in [-0.39, 0.29) is 5.91 Å². The number of alkyl halides is 1. The largest absolute Gasteiger partial charge is 0.338 e. The van der Waals surface area contributed by atoms with Gasteiger partial charge in [0.2, 0.25) is 0 Å². The van der Waals surface area contributed by atoms with Crippen LogP contribution in [0.15, 0.2) is 22.7 Å². The molecule has 0 radical (unpaired) electrons. The van der Waals surface area contributed by atoms with Crippen LogP contribution in [0.5, 0.6) is 0 Å². The fourth-order valence-corrected chi connectivity index (χ4v) is 3.06. The van der Waals surface area contributed by atoms with Crippen LogP contribution in [-0.4, -0.2) is 29.2 Å². The fraction of sp³-hybridized carbons (Fsp3) is 0.417. The average molecular weight is 381 g/mol. The Hall–Kier alpha value is -0.0600. The molecule has 1 saturated heterocycles. The number of rotatable bonds is 2. The second-order valence-electron chi connectivity index (χ2n) is 4.18.